The molecule has 0 saturated heterocycles. The number of aryl methyl sites for hydroxylation is 1. The number of aromatic nitrogens is 1. The molecule has 0 amide bonds. The predicted octanol–water partition coefficient (Wildman–Crippen LogP) is 2.00. The van der Waals surface area contributed by atoms with Crippen LogP contribution in [0.15, 0.2) is 18.2 Å². The lowest BCUT2D eigenvalue weighted by molar-refractivity contribution is 0.415. The molecule has 0 bridgehead atoms. The van der Waals surface area contributed by atoms with E-state index in [0.29, 0.717) is 6.04 Å². The lowest BCUT2D eigenvalue weighted by atomic mass is 9.92. The van der Waals surface area contributed by atoms with Crippen molar-refractivity contribution in [1.29, 1.82) is 0 Å². The molecule has 90 valence electrons. The summed E-state index contributed by atoms with van der Waals surface area (Å²) in [6.45, 7) is 0. The summed E-state index contributed by atoms with van der Waals surface area (Å²) >= 11 is 0. The van der Waals surface area contributed by atoms with E-state index in [1.165, 1.54) is 22.2 Å². The maximum atomic E-state index is 6.07. The third-order valence-corrected chi connectivity index (χ3v) is 3.86. The highest BCUT2D eigenvalue weighted by Gasteiger charge is 2.22. The average Bonchev–Trinajstić information content (AvgIpc) is 2.62. The Bertz CT molecular complexity index is 571. The highest BCUT2D eigenvalue weighted by Crippen LogP contribution is 2.32. The van der Waals surface area contributed by atoms with Crippen LogP contribution >= 0.6 is 0 Å². The first-order valence-electron chi connectivity index (χ1n) is 6.10. The van der Waals surface area contributed by atoms with Crippen molar-refractivity contribution >= 4 is 10.9 Å². The molecule has 1 aromatic heterocycles. The van der Waals surface area contributed by atoms with Gasteiger partial charge < -0.3 is 15.0 Å². The molecule has 0 fully saturated rings. The number of rotatable bonds is 1. The molecule has 0 radical (unpaired) electrons. The topological polar surface area (TPSA) is 40.2 Å². The van der Waals surface area contributed by atoms with Gasteiger partial charge in [0.1, 0.15) is 5.75 Å². The highest BCUT2D eigenvalue weighted by molar-refractivity contribution is 5.87. The zero-order valence-electron chi connectivity index (χ0n) is 10.4. The van der Waals surface area contributed by atoms with Gasteiger partial charge in [0.05, 0.1) is 12.6 Å². The Morgan fingerprint density at radius 3 is 3.00 bits per heavy atom. The zero-order chi connectivity index (χ0) is 12.0. The molecule has 1 unspecified atom stereocenters. The first kappa shape index (κ1) is 10.7. The molecule has 3 nitrogen and oxygen atoms in total. The fraction of sp³-hybridized carbons (Fsp3) is 0.429. The molecule has 1 aliphatic carbocycles. The number of ether oxygens (including phenoxy) is 1. The van der Waals surface area contributed by atoms with Crippen LogP contribution in [-0.4, -0.2) is 17.7 Å². The molecule has 0 spiro atoms. The van der Waals surface area contributed by atoms with Crippen LogP contribution in [0.5, 0.6) is 5.75 Å². The van der Waals surface area contributed by atoms with E-state index in [2.05, 4.69) is 23.7 Å². The van der Waals surface area contributed by atoms with Crippen molar-refractivity contribution in [3.05, 3.63) is 29.5 Å². The van der Waals surface area contributed by atoms with E-state index in [1.807, 2.05) is 6.07 Å². The summed E-state index contributed by atoms with van der Waals surface area (Å²) in [7, 11) is 3.84. The Morgan fingerprint density at radius 2 is 2.24 bits per heavy atom. The number of methoxy groups -OCH3 is 1. The number of nitrogens with two attached hydrogens (primary N) is 1. The summed E-state index contributed by atoms with van der Waals surface area (Å²) in [4.78, 5) is 0. The van der Waals surface area contributed by atoms with Gasteiger partial charge in [0.15, 0.2) is 0 Å². The molecule has 3 heteroatoms. The van der Waals surface area contributed by atoms with Crippen molar-refractivity contribution in [3.8, 4) is 5.75 Å². The van der Waals surface area contributed by atoms with Crippen LogP contribution in [0.2, 0.25) is 0 Å². The van der Waals surface area contributed by atoms with Crippen LogP contribution < -0.4 is 10.5 Å². The summed E-state index contributed by atoms with van der Waals surface area (Å²) in [5, 5.41) is 1.33. The Labute approximate surface area is 101 Å². The van der Waals surface area contributed by atoms with Crippen molar-refractivity contribution in [1.82, 2.24) is 4.57 Å². The van der Waals surface area contributed by atoms with Crippen molar-refractivity contribution in [2.45, 2.75) is 25.3 Å². The minimum Gasteiger partial charge on any atom is -0.497 e. The third-order valence-electron chi connectivity index (χ3n) is 3.86. The Balaban J connectivity index is 2.26. The van der Waals surface area contributed by atoms with Gasteiger partial charge in [-0.2, -0.15) is 0 Å². The second-order valence-corrected chi connectivity index (χ2v) is 4.87. The van der Waals surface area contributed by atoms with Gasteiger partial charge in [-0.05, 0) is 37.0 Å². The Kier molecular flexibility index (Phi) is 2.37. The normalized spacial score (nSPS) is 19.4. The van der Waals surface area contributed by atoms with Gasteiger partial charge >= 0.3 is 0 Å². The maximum absolute atomic E-state index is 6.07. The van der Waals surface area contributed by atoms with Crippen LogP contribution in [0.25, 0.3) is 10.9 Å². The van der Waals surface area contributed by atoms with E-state index in [0.717, 1.165) is 25.0 Å². The molecule has 0 aliphatic heterocycles. The van der Waals surface area contributed by atoms with Crippen molar-refractivity contribution in [2.75, 3.05) is 7.11 Å². The predicted molar refractivity (Wildman–Crippen MR) is 69.5 cm³/mol. The van der Waals surface area contributed by atoms with Crippen LogP contribution in [0.4, 0.5) is 0 Å². The van der Waals surface area contributed by atoms with Crippen LogP contribution in [0.1, 0.15) is 17.7 Å². The zero-order valence-corrected chi connectivity index (χ0v) is 10.4. The van der Waals surface area contributed by atoms with Gasteiger partial charge in [-0.15, -0.1) is 0 Å². The molecule has 1 aliphatic rings. The van der Waals surface area contributed by atoms with Gasteiger partial charge in [0, 0.05) is 30.2 Å². The van der Waals surface area contributed by atoms with E-state index >= 15 is 0 Å². The molecule has 3 rings (SSSR count). The van der Waals surface area contributed by atoms with Crippen molar-refractivity contribution in [3.63, 3.8) is 0 Å². The van der Waals surface area contributed by atoms with Gasteiger partial charge in [0.25, 0.3) is 0 Å². The van der Waals surface area contributed by atoms with Crippen molar-refractivity contribution in [2.24, 2.45) is 12.8 Å². The summed E-state index contributed by atoms with van der Waals surface area (Å²) in [6, 6.07) is 6.61. The summed E-state index contributed by atoms with van der Waals surface area (Å²) in [5.74, 6) is 0.916. The smallest absolute Gasteiger partial charge is 0.120 e. The molecule has 1 atom stereocenters. The van der Waals surface area contributed by atoms with Gasteiger partial charge in [-0.25, -0.2) is 0 Å². The lowest BCUT2D eigenvalue weighted by Crippen LogP contribution is -2.28. The molecule has 1 aromatic carbocycles. The van der Waals surface area contributed by atoms with Crippen molar-refractivity contribution < 1.29 is 4.74 Å². The van der Waals surface area contributed by atoms with Crippen LogP contribution in [0.3, 0.4) is 0 Å². The molecular weight excluding hydrogens is 212 g/mol. The number of fused-ring (bicyclic) bond motifs is 3. The molecule has 2 N–H and O–H groups in total. The second-order valence-electron chi connectivity index (χ2n) is 4.87. The standard InChI is InChI=1S/C14H18N2O/c1-16-13-6-3-9(15)7-12(13)11-5-4-10(17-2)8-14(11)16/h4-5,8-9H,3,6-7,15H2,1-2H3. The summed E-state index contributed by atoms with van der Waals surface area (Å²) < 4.78 is 7.58. The SMILES string of the molecule is COc1ccc2c3c(n(C)c2c1)CCC(N)C3. The van der Waals surface area contributed by atoms with E-state index in [4.69, 9.17) is 10.5 Å². The highest BCUT2D eigenvalue weighted by atomic mass is 16.5. The quantitative estimate of drug-likeness (QED) is 0.814. The van der Waals surface area contributed by atoms with Crippen LogP contribution in [0, 0.1) is 0 Å². The Morgan fingerprint density at radius 1 is 1.41 bits per heavy atom. The Hall–Kier alpha value is -1.48. The van der Waals surface area contributed by atoms with E-state index < -0.39 is 0 Å². The van der Waals surface area contributed by atoms with Gasteiger partial charge in [-0.1, -0.05) is 0 Å². The minimum atomic E-state index is 0.315. The van der Waals surface area contributed by atoms with Crippen LogP contribution in [-0.2, 0) is 19.9 Å². The largest absolute Gasteiger partial charge is 0.497 e. The second kappa shape index (κ2) is 3.77. The van der Waals surface area contributed by atoms with Gasteiger partial charge in [0.2, 0.25) is 0 Å². The van der Waals surface area contributed by atoms with E-state index in [9.17, 15) is 0 Å². The van der Waals surface area contributed by atoms with E-state index in [1.54, 1.807) is 7.11 Å². The molecular formula is C14H18N2O. The number of benzene rings is 1. The molecule has 17 heavy (non-hydrogen) atoms. The molecule has 0 saturated carbocycles. The fourth-order valence-corrected chi connectivity index (χ4v) is 2.91. The van der Waals surface area contributed by atoms with E-state index in [-0.39, 0.29) is 0 Å². The minimum absolute atomic E-state index is 0.315. The monoisotopic (exact) mass is 230 g/mol. The summed E-state index contributed by atoms with van der Waals surface area (Å²) in [6.07, 6.45) is 3.18. The number of nitrogens with zero attached hydrogens (tertiary/aromatic N) is 1. The molecule has 1 heterocycles. The molecule has 2 aromatic rings. The van der Waals surface area contributed by atoms with Gasteiger partial charge in [-0.3, -0.25) is 0 Å². The first-order chi connectivity index (χ1) is 8.20. The summed E-state index contributed by atoms with van der Waals surface area (Å²) in [5.41, 5.74) is 10.2. The fourth-order valence-electron chi connectivity index (χ4n) is 2.91. The number of hydrogen-bond acceptors (Lipinski definition) is 2. The maximum Gasteiger partial charge on any atom is 0.120 e. The first-order valence-corrected chi connectivity index (χ1v) is 6.10. The lowest BCUT2D eigenvalue weighted by Gasteiger charge is -2.19. The average molecular weight is 230 g/mol. The third kappa shape index (κ3) is 1.53. The number of hydrogen-bond donors (Lipinski definition) is 1.